The number of hydrogen-bond donors (Lipinski definition) is 1. The molecule has 0 atom stereocenters. The highest BCUT2D eigenvalue weighted by Gasteiger charge is 2.15. The molecule has 3 aromatic rings. The quantitative estimate of drug-likeness (QED) is 0.393. The van der Waals surface area contributed by atoms with Gasteiger partial charge in [0.1, 0.15) is 11.5 Å². The van der Waals surface area contributed by atoms with E-state index in [1.54, 1.807) is 20.3 Å². The molecule has 0 bridgehead atoms. The average Bonchev–Trinajstić information content (AvgIpc) is 3.35. The Morgan fingerprint density at radius 2 is 2.11 bits per heavy atom. The van der Waals surface area contributed by atoms with Crippen LogP contribution in [0.4, 0.5) is 5.13 Å². The minimum atomic E-state index is 0.476. The Morgan fingerprint density at radius 1 is 1.22 bits per heavy atom. The third-order valence-corrected chi connectivity index (χ3v) is 5.65. The Labute approximate surface area is 165 Å². The smallest absolute Gasteiger partial charge is 0.237 e. The summed E-state index contributed by atoms with van der Waals surface area (Å²) in [5.74, 6) is 2.85. The van der Waals surface area contributed by atoms with E-state index in [4.69, 9.17) is 14.0 Å². The highest BCUT2D eigenvalue weighted by molar-refractivity contribution is 8.00. The number of aromatic nitrogens is 4. The summed E-state index contributed by atoms with van der Waals surface area (Å²) >= 11 is 3.04. The van der Waals surface area contributed by atoms with Gasteiger partial charge in [-0.3, -0.25) is 0 Å². The van der Waals surface area contributed by atoms with Gasteiger partial charge in [-0.25, -0.2) is 0 Å². The first-order valence-electron chi connectivity index (χ1n) is 8.48. The molecule has 8 nitrogen and oxygen atoms in total. The molecule has 10 heteroatoms. The van der Waals surface area contributed by atoms with Crippen molar-refractivity contribution in [1.29, 1.82) is 0 Å². The van der Waals surface area contributed by atoms with Gasteiger partial charge in [-0.05, 0) is 18.6 Å². The third kappa shape index (κ3) is 5.10. The topological polar surface area (TPSA) is 95.2 Å². The van der Waals surface area contributed by atoms with E-state index < -0.39 is 0 Å². The van der Waals surface area contributed by atoms with E-state index >= 15 is 0 Å². The van der Waals surface area contributed by atoms with Crippen LogP contribution in [0, 0.1) is 0 Å². The van der Waals surface area contributed by atoms with Gasteiger partial charge in [0.05, 0.1) is 25.5 Å². The highest BCUT2D eigenvalue weighted by atomic mass is 32.2. The highest BCUT2D eigenvalue weighted by Crippen LogP contribution is 2.33. The SMILES string of the molecule is CCCCNc1nnc(SCc2nc(-c3ccc(OC)cc3OC)no2)s1. The molecule has 3 rings (SSSR count). The fourth-order valence-corrected chi connectivity index (χ4v) is 3.86. The number of thioether (sulfide) groups is 1. The Balaban J connectivity index is 1.62. The number of hydrogen-bond acceptors (Lipinski definition) is 10. The molecular formula is C17H21N5O3S2. The maximum atomic E-state index is 5.39. The lowest BCUT2D eigenvalue weighted by Gasteiger charge is -2.07. The summed E-state index contributed by atoms with van der Waals surface area (Å²) in [6.45, 7) is 3.07. The summed E-state index contributed by atoms with van der Waals surface area (Å²) in [6.07, 6.45) is 2.26. The monoisotopic (exact) mass is 407 g/mol. The van der Waals surface area contributed by atoms with Crippen LogP contribution < -0.4 is 14.8 Å². The predicted octanol–water partition coefficient (Wildman–Crippen LogP) is 4.11. The van der Waals surface area contributed by atoms with E-state index in [2.05, 4.69) is 32.6 Å². The Bertz CT molecular complexity index is 868. The Morgan fingerprint density at radius 3 is 2.89 bits per heavy atom. The number of anilines is 1. The van der Waals surface area contributed by atoms with Gasteiger partial charge in [-0.1, -0.05) is 41.6 Å². The Kier molecular flexibility index (Phi) is 6.88. The number of benzene rings is 1. The molecule has 0 aliphatic rings. The summed E-state index contributed by atoms with van der Waals surface area (Å²) in [4.78, 5) is 4.45. The van der Waals surface area contributed by atoms with Crippen LogP contribution in [0.25, 0.3) is 11.4 Å². The van der Waals surface area contributed by atoms with Crippen LogP contribution in [-0.2, 0) is 5.75 Å². The van der Waals surface area contributed by atoms with E-state index in [0.29, 0.717) is 29.0 Å². The lowest BCUT2D eigenvalue weighted by Crippen LogP contribution is -1.99. The molecule has 1 N–H and O–H groups in total. The van der Waals surface area contributed by atoms with Crippen LogP contribution in [0.1, 0.15) is 25.7 Å². The summed E-state index contributed by atoms with van der Waals surface area (Å²) in [6, 6.07) is 5.46. The second-order valence-corrected chi connectivity index (χ2v) is 7.72. The minimum Gasteiger partial charge on any atom is -0.497 e. The van der Waals surface area contributed by atoms with E-state index in [-0.39, 0.29) is 0 Å². The number of nitrogens with one attached hydrogen (secondary N) is 1. The number of unbranched alkanes of at least 4 members (excludes halogenated alkanes) is 1. The second-order valence-electron chi connectivity index (χ2n) is 5.52. The molecule has 2 aromatic heterocycles. The maximum Gasteiger partial charge on any atom is 0.237 e. The van der Waals surface area contributed by atoms with Crippen molar-refractivity contribution in [2.24, 2.45) is 0 Å². The minimum absolute atomic E-state index is 0.476. The molecule has 0 saturated heterocycles. The first kappa shape index (κ1) is 19.4. The molecule has 2 heterocycles. The fourth-order valence-electron chi connectivity index (χ4n) is 2.24. The normalized spacial score (nSPS) is 10.8. The van der Waals surface area contributed by atoms with E-state index in [1.807, 2.05) is 12.1 Å². The van der Waals surface area contributed by atoms with E-state index in [0.717, 1.165) is 34.4 Å². The maximum absolute atomic E-state index is 5.39. The number of ether oxygens (including phenoxy) is 2. The summed E-state index contributed by atoms with van der Waals surface area (Å²) in [7, 11) is 3.20. The van der Waals surface area contributed by atoms with Crippen molar-refractivity contribution >= 4 is 28.2 Å². The van der Waals surface area contributed by atoms with Crippen LogP contribution in [0.2, 0.25) is 0 Å². The fraction of sp³-hybridized carbons (Fsp3) is 0.412. The zero-order valence-electron chi connectivity index (χ0n) is 15.4. The number of nitrogens with zero attached hydrogens (tertiary/aromatic N) is 4. The largest absolute Gasteiger partial charge is 0.497 e. The average molecular weight is 408 g/mol. The molecule has 0 aliphatic carbocycles. The van der Waals surface area contributed by atoms with Gasteiger partial charge in [-0.15, -0.1) is 10.2 Å². The van der Waals surface area contributed by atoms with Crippen molar-refractivity contribution in [1.82, 2.24) is 20.3 Å². The molecule has 0 amide bonds. The van der Waals surface area contributed by atoms with Crippen LogP contribution in [0.5, 0.6) is 11.5 Å². The molecule has 0 saturated carbocycles. The van der Waals surface area contributed by atoms with Crippen LogP contribution in [0.15, 0.2) is 27.1 Å². The molecule has 0 radical (unpaired) electrons. The Hall–Kier alpha value is -2.33. The number of methoxy groups -OCH3 is 2. The van der Waals surface area contributed by atoms with Crippen molar-refractivity contribution in [2.45, 2.75) is 29.9 Å². The van der Waals surface area contributed by atoms with Gasteiger partial charge in [0.25, 0.3) is 0 Å². The second kappa shape index (κ2) is 9.56. The van der Waals surface area contributed by atoms with Gasteiger partial charge >= 0.3 is 0 Å². The molecule has 0 unspecified atom stereocenters. The van der Waals surface area contributed by atoms with Gasteiger partial charge in [0.2, 0.25) is 16.8 Å². The molecule has 0 fully saturated rings. The van der Waals surface area contributed by atoms with Gasteiger partial charge in [-0.2, -0.15) is 4.98 Å². The molecule has 0 aliphatic heterocycles. The van der Waals surface area contributed by atoms with Crippen molar-refractivity contribution in [3.05, 3.63) is 24.1 Å². The number of rotatable bonds is 10. The molecule has 0 spiro atoms. The van der Waals surface area contributed by atoms with E-state index in [9.17, 15) is 0 Å². The molecule has 1 aromatic carbocycles. The van der Waals surface area contributed by atoms with E-state index in [1.165, 1.54) is 23.1 Å². The van der Waals surface area contributed by atoms with Crippen LogP contribution in [0.3, 0.4) is 0 Å². The van der Waals surface area contributed by atoms with Crippen molar-refractivity contribution in [3.8, 4) is 22.9 Å². The molecular weight excluding hydrogens is 386 g/mol. The standard InChI is InChI=1S/C17H21N5O3S2/c1-4-5-8-18-16-20-21-17(27-16)26-10-14-19-15(22-25-14)12-7-6-11(23-2)9-13(12)24-3/h6-7,9H,4-5,8,10H2,1-3H3,(H,18,20). The van der Waals surface area contributed by atoms with Crippen molar-refractivity contribution < 1.29 is 14.0 Å². The molecule has 144 valence electrons. The predicted molar refractivity (Wildman–Crippen MR) is 106 cm³/mol. The van der Waals surface area contributed by atoms with Gasteiger partial charge in [0, 0.05) is 12.6 Å². The third-order valence-electron chi connectivity index (χ3n) is 3.65. The van der Waals surface area contributed by atoms with Gasteiger partial charge < -0.3 is 19.3 Å². The lowest BCUT2D eigenvalue weighted by atomic mass is 10.2. The summed E-state index contributed by atoms with van der Waals surface area (Å²) in [5, 5.41) is 16.5. The zero-order chi connectivity index (χ0) is 19.1. The van der Waals surface area contributed by atoms with Crippen molar-refractivity contribution in [2.75, 3.05) is 26.1 Å². The van der Waals surface area contributed by atoms with Gasteiger partial charge in [0.15, 0.2) is 4.34 Å². The van der Waals surface area contributed by atoms with Crippen LogP contribution in [-0.4, -0.2) is 41.1 Å². The summed E-state index contributed by atoms with van der Waals surface area (Å²) in [5.41, 5.74) is 0.747. The first-order valence-corrected chi connectivity index (χ1v) is 10.3. The first-order chi connectivity index (χ1) is 13.2. The zero-order valence-corrected chi connectivity index (χ0v) is 17.0. The molecule has 27 heavy (non-hydrogen) atoms. The summed E-state index contributed by atoms with van der Waals surface area (Å²) < 4.78 is 16.8. The van der Waals surface area contributed by atoms with Crippen molar-refractivity contribution in [3.63, 3.8) is 0 Å². The lowest BCUT2D eigenvalue weighted by molar-refractivity contribution is 0.388. The van der Waals surface area contributed by atoms with Crippen LogP contribution >= 0.6 is 23.1 Å².